The molecule has 29 heavy (non-hydrogen) atoms. The van der Waals surface area contributed by atoms with E-state index in [0.717, 1.165) is 5.01 Å². The van der Waals surface area contributed by atoms with Gasteiger partial charge in [-0.1, -0.05) is 29.8 Å². The molecular formula is C18H14Cl2N6O3. The summed E-state index contributed by atoms with van der Waals surface area (Å²) in [5, 5.41) is 20.7. The summed E-state index contributed by atoms with van der Waals surface area (Å²) < 4.78 is 6.92. The highest BCUT2D eigenvalue weighted by Gasteiger charge is 2.26. The highest BCUT2D eigenvalue weighted by molar-refractivity contribution is 6.37. The summed E-state index contributed by atoms with van der Waals surface area (Å²) in [5.41, 5.74) is -0.0245. The van der Waals surface area contributed by atoms with E-state index in [9.17, 15) is 9.59 Å². The smallest absolute Gasteiger partial charge is 0.347 e. The molecule has 0 fully saturated rings. The van der Waals surface area contributed by atoms with Crippen molar-refractivity contribution in [3.8, 4) is 17.7 Å². The van der Waals surface area contributed by atoms with Crippen LogP contribution >= 0.6 is 23.2 Å². The number of carbonyl (C=O) groups excluding carboxylic acids is 1. The fourth-order valence-electron chi connectivity index (χ4n) is 2.41. The van der Waals surface area contributed by atoms with Crippen LogP contribution in [0.1, 0.15) is 19.9 Å². The summed E-state index contributed by atoms with van der Waals surface area (Å²) in [4.78, 5) is 24.0. The van der Waals surface area contributed by atoms with Gasteiger partial charge in [0.05, 0.1) is 27.5 Å². The second kappa shape index (κ2) is 7.95. The molecule has 3 rings (SSSR count). The zero-order valence-electron chi connectivity index (χ0n) is 15.3. The van der Waals surface area contributed by atoms with Crippen molar-refractivity contribution in [1.29, 1.82) is 5.26 Å². The lowest BCUT2D eigenvalue weighted by molar-refractivity contribution is 0.248. The molecule has 1 aromatic carbocycles. The average molecular weight is 433 g/mol. The van der Waals surface area contributed by atoms with E-state index < -0.39 is 6.03 Å². The molecule has 1 aromatic heterocycles. The summed E-state index contributed by atoms with van der Waals surface area (Å²) in [6.45, 7) is 7.17. The fraction of sp³-hybridized carbons (Fsp3) is 0.167. The number of nitrogens with zero attached hydrogens (tertiary/aromatic N) is 5. The Morgan fingerprint density at radius 3 is 2.48 bits per heavy atom. The van der Waals surface area contributed by atoms with Crippen LogP contribution < -0.4 is 20.6 Å². The number of benzene rings is 1. The monoisotopic (exact) mass is 432 g/mol. The number of hydrogen-bond acceptors (Lipinski definition) is 6. The Labute approximate surface area is 175 Å². The molecule has 0 spiro atoms. The molecule has 2 heterocycles. The second-order valence-electron chi connectivity index (χ2n) is 6.17. The first kappa shape index (κ1) is 20.4. The number of allylic oxidation sites excluding steroid dienone is 1. The number of halogens is 2. The first-order valence-electron chi connectivity index (χ1n) is 8.27. The normalized spacial score (nSPS) is 13.8. The number of anilines is 1. The first-order chi connectivity index (χ1) is 13.7. The zero-order chi connectivity index (χ0) is 21.3. The van der Waals surface area contributed by atoms with Crippen LogP contribution in [0.2, 0.25) is 10.0 Å². The first-order valence-corrected chi connectivity index (χ1v) is 9.02. The van der Waals surface area contributed by atoms with E-state index in [-0.39, 0.29) is 50.4 Å². The molecule has 0 saturated heterocycles. The van der Waals surface area contributed by atoms with Gasteiger partial charge in [-0.2, -0.15) is 15.4 Å². The van der Waals surface area contributed by atoms with Crippen LogP contribution in [-0.2, 0) is 0 Å². The molecular weight excluding hydrogens is 419 g/mol. The Kier molecular flexibility index (Phi) is 5.59. The molecule has 148 valence electrons. The number of nitriles is 1. The maximum atomic E-state index is 12.2. The van der Waals surface area contributed by atoms with Gasteiger partial charge in [-0.3, -0.25) is 4.79 Å². The molecule has 11 heteroatoms. The average Bonchev–Trinajstić information content (AvgIpc) is 2.65. The lowest BCUT2D eigenvalue weighted by atomic mass is 10.2. The van der Waals surface area contributed by atoms with E-state index in [4.69, 9.17) is 33.2 Å². The van der Waals surface area contributed by atoms with Gasteiger partial charge in [0.15, 0.2) is 11.5 Å². The van der Waals surface area contributed by atoms with Crippen LogP contribution in [0.15, 0.2) is 46.4 Å². The molecule has 0 radical (unpaired) electrons. The molecule has 1 N–H and O–H groups in total. The van der Waals surface area contributed by atoms with Crippen molar-refractivity contribution >= 4 is 40.6 Å². The van der Waals surface area contributed by atoms with E-state index in [1.807, 2.05) is 6.07 Å². The number of aromatic nitrogens is 2. The van der Waals surface area contributed by atoms with Gasteiger partial charge in [-0.05, 0) is 26.0 Å². The van der Waals surface area contributed by atoms with Crippen LogP contribution in [0.3, 0.4) is 0 Å². The number of urea groups is 1. The summed E-state index contributed by atoms with van der Waals surface area (Å²) in [6, 6.07) is 6.55. The summed E-state index contributed by atoms with van der Waals surface area (Å²) in [5.74, 6) is 0.205. The molecule has 2 amide bonds. The SMILES string of the molecule is C=C1NC(=O)N(c2cc(Cl)c(Oc3ccc(=O)n(C(C)C)n3)c(Cl)c2)N=C1C#N. The number of carbonyl (C=O) groups is 1. The highest BCUT2D eigenvalue weighted by atomic mass is 35.5. The third-order valence-electron chi connectivity index (χ3n) is 3.77. The predicted molar refractivity (Wildman–Crippen MR) is 109 cm³/mol. The van der Waals surface area contributed by atoms with Gasteiger partial charge >= 0.3 is 6.03 Å². The van der Waals surface area contributed by atoms with Gasteiger partial charge in [-0.25, -0.2) is 9.48 Å². The van der Waals surface area contributed by atoms with Crippen molar-refractivity contribution < 1.29 is 9.53 Å². The van der Waals surface area contributed by atoms with Crippen molar-refractivity contribution in [2.75, 3.05) is 5.01 Å². The summed E-state index contributed by atoms with van der Waals surface area (Å²) in [7, 11) is 0. The van der Waals surface area contributed by atoms with Crippen molar-refractivity contribution in [2.24, 2.45) is 5.10 Å². The number of hydrazone groups is 1. The maximum Gasteiger partial charge on any atom is 0.347 e. The molecule has 1 aliphatic heterocycles. The minimum absolute atomic E-state index is 0.0580. The Balaban J connectivity index is 1.97. The van der Waals surface area contributed by atoms with Gasteiger partial charge in [0.2, 0.25) is 5.88 Å². The number of nitrogens with one attached hydrogen (secondary N) is 1. The Morgan fingerprint density at radius 1 is 1.24 bits per heavy atom. The third-order valence-corrected chi connectivity index (χ3v) is 4.33. The Bertz CT molecular complexity index is 1130. The fourth-order valence-corrected chi connectivity index (χ4v) is 2.97. The van der Waals surface area contributed by atoms with Crippen molar-refractivity contribution in [3.63, 3.8) is 0 Å². The van der Waals surface area contributed by atoms with E-state index in [0.29, 0.717) is 0 Å². The molecule has 0 unspecified atom stereocenters. The summed E-state index contributed by atoms with van der Waals surface area (Å²) >= 11 is 12.6. The molecule has 0 bridgehead atoms. The van der Waals surface area contributed by atoms with Crippen molar-refractivity contribution in [1.82, 2.24) is 15.1 Å². The standard InChI is InChI=1S/C18H14Cl2N6O3/c1-9(2)25-16(27)5-4-15(24-25)29-17-12(19)6-11(7-13(17)20)26-18(28)22-10(3)14(8-21)23-26/h4-7,9H,3H2,1-2H3,(H,22,28). The minimum atomic E-state index is -0.625. The number of amides is 2. The molecule has 2 aromatic rings. The zero-order valence-corrected chi connectivity index (χ0v) is 16.8. The van der Waals surface area contributed by atoms with E-state index in [1.165, 1.54) is 28.9 Å². The largest absolute Gasteiger partial charge is 0.434 e. The van der Waals surface area contributed by atoms with E-state index in [2.05, 4.69) is 22.1 Å². The van der Waals surface area contributed by atoms with Crippen LogP contribution in [0.5, 0.6) is 11.6 Å². The predicted octanol–water partition coefficient (Wildman–Crippen LogP) is 3.85. The Morgan fingerprint density at radius 2 is 1.90 bits per heavy atom. The van der Waals surface area contributed by atoms with Crippen LogP contribution in [0.25, 0.3) is 0 Å². The van der Waals surface area contributed by atoms with E-state index in [1.54, 1.807) is 13.8 Å². The van der Waals surface area contributed by atoms with Gasteiger partial charge < -0.3 is 10.1 Å². The highest BCUT2D eigenvalue weighted by Crippen LogP contribution is 2.39. The minimum Gasteiger partial charge on any atom is -0.434 e. The van der Waals surface area contributed by atoms with Gasteiger partial charge in [-0.15, -0.1) is 5.10 Å². The van der Waals surface area contributed by atoms with Crippen LogP contribution in [0, 0.1) is 11.3 Å². The lowest BCUT2D eigenvalue weighted by Gasteiger charge is -2.24. The molecule has 1 aliphatic rings. The number of rotatable bonds is 4. The second-order valence-corrected chi connectivity index (χ2v) is 6.98. The maximum absolute atomic E-state index is 12.2. The molecule has 0 saturated carbocycles. The molecule has 9 nitrogen and oxygen atoms in total. The number of hydrogen-bond donors (Lipinski definition) is 1. The van der Waals surface area contributed by atoms with Crippen LogP contribution in [-0.4, -0.2) is 21.5 Å². The summed E-state index contributed by atoms with van der Waals surface area (Å²) in [6.07, 6.45) is 0. The van der Waals surface area contributed by atoms with E-state index >= 15 is 0 Å². The molecule has 0 aliphatic carbocycles. The quantitative estimate of drug-likeness (QED) is 0.787. The van der Waals surface area contributed by atoms with Gasteiger partial charge in [0, 0.05) is 12.1 Å². The third kappa shape index (κ3) is 4.08. The number of ether oxygens (including phenoxy) is 1. The van der Waals surface area contributed by atoms with Crippen molar-refractivity contribution in [3.05, 3.63) is 56.9 Å². The van der Waals surface area contributed by atoms with Crippen LogP contribution in [0.4, 0.5) is 10.5 Å². The van der Waals surface area contributed by atoms with Gasteiger partial charge in [0.1, 0.15) is 6.07 Å². The van der Waals surface area contributed by atoms with Gasteiger partial charge in [0.25, 0.3) is 5.56 Å². The lowest BCUT2D eigenvalue weighted by Crippen LogP contribution is -2.42. The van der Waals surface area contributed by atoms with Crippen molar-refractivity contribution in [2.45, 2.75) is 19.9 Å². The Hall–Kier alpha value is -3.35. The molecule has 0 atom stereocenters. The topological polar surface area (TPSA) is 113 Å².